The molecule has 3 rings (SSSR count). The SMILES string of the molecule is C=CS(=O)(=O)NC[C@H]1CCN(S(=O)(=O)c2ccc(CC(=O)Nc3ccc(CC(=O)NCC)cc3)cc2)C1. The molecular weight excluding hydrogens is 516 g/mol. The van der Waals surface area contributed by atoms with Crippen molar-refractivity contribution in [3.05, 3.63) is 71.6 Å². The Morgan fingerprint density at radius 3 is 2.16 bits per heavy atom. The van der Waals surface area contributed by atoms with Crippen LogP contribution in [0.5, 0.6) is 0 Å². The lowest BCUT2D eigenvalue weighted by Gasteiger charge is -2.17. The molecule has 1 aliphatic heterocycles. The van der Waals surface area contributed by atoms with Gasteiger partial charge in [0.05, 0.1) is 17.7 Å². The van der Waals surface area contributed by atoms with E-state index < -0.39 is 20.0 Å². The van der Waals surface area contributed by atoms with E-state index in [9.17, 15) is 26.4 Å². The van der Waals surface area contributed by atoms with Crippen LogP contribution in [0, 0.1) is 5.92 Å². The number of rotatable bonds is 12. The van der Waals surface area contributed by atoms with Crippen LogP contribution in [0.2, 0.25) is 0 Å². The first-order chi connectivity index (χ1) is 17.5. The highest BCUT2D eigenvalue weighted by atomic mass is 32.2. The third kappa shape index (κ3) is 8.22. The molecule has 0 unspecified atom stereocenters. The molecule has 0 aromatic heterocycles. The molecule has 2 aromatic rings. The zero-order valence-corrected chi connectivity index (χ0v) is 22.3. The average Bonchev–Trinajstić information content (AvgIpc) is 3.35. The van der Waals surface area contributed by atoms with E-state index in [2.05, 4.69) is 21.9 Å². The molecule has 0 saturated carbocycles. The van der Waals surface area contributed by atoms with E-state index in [1.165, 1.54) is 16.4 Å². The van der Waals surface area contributed by atoms with Crippen LogP contribution in [0.4, 0.5) is 5.69 Å². The Bertz CT molecular complexity index is 1320. The zero-order chi connectivity index (χ0) is 27.1. The topological polar surface area (TPSA) is 142 Å². The fourth-order valence-corrected chi connectivity index (χ4v) is 6.06. The van der Waals surface area contributed by atoms with Gasteiger partial charge < -0.3 is 10.6 Å². The van der Waals surface area contributed by atoms with Crippen LogP contribution >= 0.6 is 0 Å². The number of carbonyl (C=O) groups excluding carboxylic acids is 2. The minimum atomic E-state index is -3.73. The Kier molecular flexibility index (Phi) is 9.60. The summed E-state index contributed by atoms with van der Waals surface area (Å²) in [5.74, 6) is -0.447. The average molecular weight is 549 g/mol. The van der Waals surface area contributed by atoms with Crippen molar-refractivity contribution in [2.24, 2.45) is 5.92 Å². The molecule has 37 heavy (non-hydrogen) atoms. The first kappa shape index (κ1) is 28.5. The summed E-state index contributed by atoms with van der Waals surface area (Å²) < 4.78 is 52.8. The fourth-order valence-electron chi connectivity index (χ4n) is 3.94. The summed E-state index contributed by atoms with van der Waals surface area (Å²) in [5.41, 5.74) is 2.09. The second kappa shape index (κ2) is 12.5. The van der Waals surface area contributed by atoms with Gasteiger partial charge in [-0.25, -0.2) is 21.6 Å². The number of hydrogen-bond donors (Lipinski definition) is 3. The summed E-state index contributed by atoms with van der Waals surface area (Å²) in [6, 6.07) is 13.2. The molecule has 1 aliphatic rings. The Labute approximate surface area is 218 Å². The quantitative estimate of drug-likeness (QED) is 0.368. The third-order valence-corrected chi connectivity index (χ3v) is 8.83. The monoisotopic (exact) mass is 548 g/mol. The molecule has 0 bridgehead atoms. The largest absolute Gasteiger partial charge is 0.356 e. The molecule has 0 spiro atoms. The maximum absolute atomic E-state index is 13.0. The molecule has 0 radical (unpaired) electrons. The number of carbonyl (C=O) groups is 2. The van der Waals surface area contributed by atoms with Crippen molar-refractivity contribution >= 4 is 37.5 Å². The molecule has 1 heterocycles. The summed E-state index contributed by atoms with van der Waals surface area (Å²) in [6.45, 7) is 6.33. The molecule has 1 atom stereocenters. The van der Waals surface area contributed by atoms with Gasteiger partial charge in [-0.05, 0) is 54.7 Å². The van der Waals surface area contributed by atoms with Gasteiger partial charge in [0.25, 0.3) is 0 Å². The second-order valence-electron chi connectivity index (χ2n) is 8.77. The molecule has 200 valence electrons. The molecule has 1 saturated heterocycles. The first-order valence-corrected chi connectivity index (χ1v) is 14.9. The van der Waals surface area contributed by atoms with Crippen molar-refractivity contribution < 1.29 is 26.4 Å². The summed E-state index contributed by atoms with van der Waals surface area (Å²) in [4.78, 5) is 24.2. The summed E-state index contributed by atoms with van der Waals surface area (Å²) in [6.07, 6.45) is 0.879. The first-order valence-electron chi connectivity index (χ1n) is 11.9. The molecule has 1 fully saturated rings. The highest BCUT2D eigenvalue weighted by molar-refractivity contribution is 7.92. The van der Waals surface area contributed by atoms with Crippen LogP contribution < -0.4 is 15.4 Å². The lowest BCUT2D eigenvalue weighted by molar-refractivity contribution is -0.120. The molecular formula is C25H32N4O6S2. The van der Waals surface area contributed by atoms with Crippen LogP contribution in [0.1, 0.15) is 24.5 Å². The number of nitrogens with zero attached hydrogens (tertiary/aromatic N) is 1. The van der Waals surface area contributed by atoms with E-state index in [0.29, 0.717) is 30.8 Å². The van der Waals surface area contributed by atoms with Gasteiger partial charge in [0.2, 0.25) is 31.9 Å². The van der Waals surface area contributed by atoms with Crippen molar-refractivity contribution in [2.75, 3.05) is 31.5 Å². The van der Waals surface area contributed by atoms with Crippen LogP contribution in [0.25, 0.3) is 0 Å². The number of nitrogens with one attached hydrogen (secondary N) is 3. The van der Waals surface area contributed by atoms with Crippen molar-refractivity contribution in [1.82, 2.24) is 14.3 Å². The van der Waals surface area contributed by atoms with Crippen LogP contribution in [-0.4, -0.2) is 59.1 Å². The molecule has 3 N–H and O–H groups in total. The molecule has 12 heteroatoms. The minimum absolute atomic E-state index is 0.0646. The van der Waals surface area contributed by atoms with E-state index in [4.69, 9.17) is 0 Å². The number of hydrogen-bond acceptors (Lipinski definition) is 6. The van der Waals surface area contributed by atoms with Crippen molar-refractivity contribution in [2.45, 2.75) is 31.1 Å². The Balaban J connectivity index is 1.53. The number of likely N-dealkylation sites (N-methyl/N-ethyl adjacent to an activating group) is 1. The van der Waals surface area contributed by atoms with Gasteiger partial charge in [0.1, 0.15) is 0 Å². The maximum atomic E-state index is 13.0. The van der Waals surface area contributed by atoms with E-state index in [1.807, 2.05) is 6.92 Å². The molecule has 2 amide bonds. The van der Waals surface area contributed by atoms with E-state index in [1.54, 1.807) is 36.4 Å². The van der Waals surface area contributed by atoms with E-state index in [-0.39, 0.29) is 48.6 Å². The van der Waals surface area contributed by atoms with Gasteiger partial charge in [0.15, 0.2) is 0 Å². The van der Waals surface area contributed by atoms with Crippen molar-refractivity contribution in [3.8, 4) is 0 Å². The van der Waals surface area contributed by atoms with Gasteiger partial charge in [-0.2, -0.15) is 4.31 Å². The lowest BCUT2D eigenvalue weighted by atomic mass is 10.1. The van der Waals surface area contributed by atoms with Crippen molar-refractivity contribution in [1.29, 1.82) is 0 Å². The van der Waals surface area contributed by atoms with Crippen LogP contribution in [0.15, 0.2) is 65.4 Å². The number of sulfonamides is 2. The van der Waals surface area contributed by atoms with Crippen molar-refractivity contribution in [3.63, 3.8) is 0 Å². The molecule has 0 aliphatic carbocycles. The molecule has 2 aromatic carbocycles. The Morgan fingerprint density at radius 2 is 1.57 bits per heavy atom. The molecule has 10 nitrogen and oxygen atoms in total. The zero-order valence-electron chi connectivity index (χ0n) is 20.6. The van der Waals surface area contributed by atoms with E-state index >= 15 is 0 Å². The smallest absolute Gasteiger partial charge is 0.243 e. The Morgan fingerprint density at radius 1 is 0.973 bits per heavy atom. The summed E-state index contributed by atoms with van der Waals surface area (Å²) >= 11 is 0. The number of anilines is 1. The predicted octanol–water partition coefficient (Wildman–Crippen LogP) is 1.62. The van der Waals surface area contributed by atoms with E-state index in [0.717, 1.165) is 11.0 Å². The number of amides is 2. The fraction of sp³-hybridized carbons (Fsp3) is 0.360. The predicted molar refractivity (Wildman–Crippen MR) is 142 cm³/mol. The normalized spacial score (nSPS) is 16.3. The highest BCUT2D eigenvalue weighted by Crippen LogP contribution is 2.24. The maximum Gasteiger partial charge on any atom is 0.243 e. The summed E-state index contributed by atoms with van der Waals surface area (Å²) in [5, 5.41) is 6.36. The third-order valence-electron chi connectivity index (χ3n) is 5.94. The highest BCUT2D eigenvalue weighted by Gasteiger charge is 2.32. The van der Waals surface area contributed by atoms with Gasteiger partial charge in [0, 0.05) is 37.3 Å². The number of benzene rings is 2. The standard InChI is InChI=1S/C25H32N4O6S2/c1-3-26-24(30)15-19-5-9-22(10-6-19)28-25(31)16-20-7-11-23(12-8-20)37(34,35)29-14-13-21(18-29)17-27-36(32,33)4-2/h4-12,21,27H,2-3,13-18H2,1H3,(H,26,30)(H,28,31)/t21-/m1/s1. The second-order valence-corrected chi connectivity index (χ2v) is 12.4. The lowest BCUT2D eigenvalue weighted by Crippen LogP contribution is -2.32. The van der Waals surface area contributed by atoms with Gasteiger partial charge in [-0.15, -0.1) is 0 Å². The van der Waals surface area contributed by atoms with Crippen LogP contribution in [-0.2, 0) is 42.5 Å². The van der Waals surface area contributed by atoms with Gasteiger partial charge in [-0.3, -0.25) is 9.59 Å². The van der Waals surface area contributed by atoms with Gasteiger partial charge >= 0.3 is 0 Å². The Hall–Kier alpha value is -3.06. The summed E-state index contributed by atoms with van der Waals surface area (Å²) in [7, 11) is -7.29. The van der Waals surface area contributed by atoms with Gasteiger partial charge in [-0.1, -0.05) is 30.8 Å². The minimum Gasteiger partial charge on any atom is -0.356 e. The van der Waals surface area contributed by atoms with Crippen LogP contribution in [0.3, 0.4) is 0 Å².